The van der Waals surface area contributed by atoms with Gasteiger partial charge >= 0.3 is 0 Å². The molecular weight excluding hydrogens is 336 g/mol. The van der Waals surface area contributed by atoms with Crippen molar-refractivity contribution >= 4 is 22.6 Å². The number of benzene rings is 2. The van der Waals surface area contributed by atoms with Gasteiger partial charge in [0.1, 0.15) is 5.54 Å². The first-order valence-corrected chi connectivity index (χ1v) is 10.2. The van der Waals surface area contributed by atoms with Gasteiger partial charge in [-0.3, -0.25) is 9.59 Å². The van der Waals surface area contributed by atoms with E-state index in [0.29, 0.717) is 5.56 Å². The van der Waals surface area contributed by atoms with E-state index in [9.17, 15) is 9.59 Å². The molecule has 1 heterocycles. The van der Waals surface area contributed by atoms with Crippen LogP contribution in [-0.4, -0.2) is 33.4 Å². The van der Waals surface area contributed by atoms with Crippen LogP contribution in [-0.2, 0) is 4.79 Å². The zero-order valence-electron chi connectivity index (χ0n) is 16.3. The van der Waals surface area contributed by atoms with E-state index in [0.717, 1.165) is 36.5 Å². The summed E-state index contributed by atoms with van der Waals surface area (Å²) in [5, 5.41) is 5.49. The molecule has 1 saturated carbocycles. The van der Waals surface area contributed by atoms with E-state index in [1.807, 2.05) is 56.3 Å². The lowest BCUT2D eigenvalue weighted by molar-refractivity contribution is -0.209. The molecule has 0 spiro atoms. The fourth-order valence-electron chi connectivity index (χ4n) is 4.57. The third kappa shape index (κ3) is 3.01. The molecule has 2 amide bonds. The molecule has 4 nitrogen and oxygen atoms in total. The summed E-state index contributed by atoms with van der Waals surface area (Å²) in [6.07, 6.45) is 7.96. The first-order chi connectivity index (χ1) is 13.0. The number of carbonyl (C=O) groups excluding carboxylic acids is 2. The molecule has 0 unspecified atom stereocenters. The van der Waals surface area contributed by atoms with Crippen LogP contribution in [0.2, 0.25) is 0 Å². The molecule has 2 aromatic rings. The molecule has 0 N–H and O–H groups in total. The fraction of sp³-hybridized carbons (Fsp3) is 0.478. The number of hydrogen-bond acceptors (Lipinski definition) is 2. The van der Waals surface area contributed by atoms with Gasteiger partial charge in [0.15, 0.2) is 0 Å². The summed E-state index contributed by atoms with van der Waals surface area (Å²) in [6, 6.07) is 13.9. The predicted octanol–water partition coefficient (Wildman–Crippen LogP) is 4.93. The molecule has 4 heteroatoms. The molecule has 142 valence electrons. The summed E-state index contributed by atoms with van der Waals surface area (Å²) in [6.45, 7) is 3.72. The molecule has 0 bridgehead atoms. The maximum absolute atomic E-state index is 13.5. The van der Waals surface area contributed by atoms with Crippen molar-refractivity contribution in [2.24, 2.45) is 0 Å². The minimum absolute atomic E-state index is 0.0709. The average Bonchev–Trinajstić information content (AvgIpc) is 2.65. The minimum Gasteiger partial charge on any atom is -0.270 e. The van der Waals surface area contributed by atoms with Gasteiger partial charge in [-0.1, -0.05) is 68.5 Å². The average molecular weight is 364 g/mol. The quantitative estimate of drug-likeness (QED) is 0.758. The highest BCUT2D eigenvalue weighted by atomic mass is 16.2. The van der Waals surface area contributed by atoms with Crippen molar-refractivity contribution in [1.29, 1.82) is 0 Å². The second kappa shape index (κ2) is 6.99. The van der Waals surface area contributed by atoms with Gasteiger partial charge in [0, 0.05) is 5.56 Å². The van der Waals surface area contributed by atoms with Crippen molar-refractivity contribution in [2.45, 2.75) is 70.4 Å². The van der Waals surface area contributed by atoms with Crippen LogP contribution in [0.15, 0.2) is 42.5 Å². The Morgan fingerprint density at radius 2 is 1.56 bits per heavy atom. The first kappa shape index (κ1) is 18.0. The monoisotopic (exact) mass is 364 g/mol. The number of hydrogen-bond donors (Lipinski definition) is 0. The minimum atomic E-state index is -0.781. The lowest BCUT2D eigenvalue weighted by atomic mass is 9.89. The molecule has 1 saturated heterocycles. The van der Waals surface area contributed by atoms with Crippen LogP contribution in [0.1, 0.15) is 69.2 Å². The number of fused-ring (bicyclic) bond motifs is 1. The van der Waals surface area contributed by atoms with Crippen molar-refractivity contribution < 1.29 is 9.59 Å². The van der Waals surface area contributed by atoms with Crippen LogP contribution >= 0.6 is 0 Å². The summed E-state index contributed by atoms with van der Waals surface area (Å²) in [4.78, 5) is 26.5. The summed E-state index contributed by atoms with van der Waals surface area (Å²) in [5.74, 6) is 0.000111. The van der Waals surface area contributed by atoms with Crippen molar-refractivity contribution in [3.63, 3.8) is 0 Å². The number of carbonyl (C=O) groups is 2. The molecular formula is C23H28N2O2. The van der Waals surface area contributed by atoms with Crippen molar-refractivity contribution in [3.8, 4) is 0 Å². The smallest absolute Gasteiger partial charge is 0.270 e. The van der Waals surface area contributed by atoms with Crippen LogP contribution < -0.4 is 0 Å². The molecule has 27 heavy (non-hydrogen) atoms. The van der Waals surface area contributed by atoms with E-state index < -0.39 is 5.54 Å². The lowest BCUT2D eigenvalue weighted by Crippen LogP contribution is -2.78. The van der Waals surface area contributed by atoms with E-state index in [4.69, 9.17) is 0 Å². The maximum Gasteiger partial charge on any atom is 0.274 e. The second-order valence-corrected chi connectivity index (χ2v) is 8.35. The van der Waals surface area contributed by atoms with Crippen LogP contribution in [0.3, 0.4) is 0 Å². The van der Waals surface area contributed by atoms with Gasteiger partial charge < -0.3 is 0 Å². The van der Waals surface area contributed by atoms with Gasteiger partial charge in [-0.05, 0) is 43.5 Å². The fourth-order valence-corrected chi connectivity index (χ4v) is 4.57. The molecule has 0 radical (unpaired) electrons. The topological polar surface area (TPSA) is 40.6 Å². The van der Waals surface area contributed by atoms with Crippen molar-refractivity contribution in [1.82, 2.24) is 10.0 Å². The van der Waals surface area contributed by atoms with Crippen LogP contribution in [0.5, 0.6) is 0 Å². The lowest BCUT2D eigenvalue weighted by Gasteiger charge is -2.58. The van der Waals surface area contributed by atoms with E-state index in [2.05, 4.69) is 0 Å². The van der Waals surface area contributed by atoms with Gasteiger partial charge in [0.25, 0.3) is 11.8 Å². The highest BCUT2D eigenvalue weighted by Crippen LogP contribution is 2.38. The normalized spacial score (nSPS) is 20.9. The summed E-state index contributed by atoms with van der Waals surface area (Å²) in [5.41, 5.74) is -0.111. The molecule has 2 aromatic carbocycles. The third-order valence-electron chi connectivity index (χ3n) is 6.11. The SMILES string of the molecule is CC1(C)C(=O)N(C2CCCCCCC2)N1C(=O)c1cccc2ccccc12. The summed E-state index contributed by atoms with van der Waals surface area (Å²) in [7, 11) is 0. The summed E-state index contributed by atoms with van der Waals surface area (Å²) < 4.78 is 0. The molecule has 1 aliphatic carbocycles. The third-order valence-corrected chi connectivity index (χ3v) is 6.11. The Kier molecular flexibility index (Phi) is 4.67. The first-order valence-electron chi connectivity index (χ1n) is 10.2. The molecule has 1 aliphatic heterocycles. The van der Waals surface area contributed by atoms with Gasteiger partial charge in [-0.2, -0.15) is 0 Å². The number of rotatable bonds is 2. The highest BCUT2D eigenvalue weighted by Gasteiger charge is 2.57. The Morgan fingerprint density at radius 1 is 0.926 bits per heavy atom. The molecule has 2 fully saturated rings. The second-order valence-electron chi connectivity index (χ2n) is 8.35. The van der Waals surface area contributed by atoms with Crippen molar-refractivity contribution in [2.75, 3.05) is 0 Å². The summed E-state index contributed by atoms with van der Waals surface area (Å²) >= 11 is 0. The Hall–Kier alpha value is -2.36. The zero-order valence-corrected chi connectivity index (χ0v) is 16.3. The van der Waals surface area contributed by atoms with E-state index >= 15 is 0 Å². The van der Waals surface area contributed by atoms with Crippen LogP contribution in [0, 0.1) is 0 Å². The van der Waals surface area contributed by atoms with Gasteiger partial charge in [0.05, 0.1) is 6.04 Å². The standard InChI is InChI=1S/C23H28N2O2/c1-23(2)22(27)24(18-13-6-4-3-5-7-14-18)25(23)21(26)20-16-10-12-17-11-8-9-15-19(17)20/h8-12,15-16,18H,3-7,13-14H2,1-2H3. The maximum atomic E-state index is 13.5. The molecule has 4 rings (SSSR count). The van der Waals surface area contributed by atoms with Gasteiger partial charge in [0.2, 0.25) is 0 Å². The van der Waals surface area contributed by atoms with E-state index in [-0.39, 0.29) is 17.9 Å². The predicted molar refractivity (Wildman–Crippen MR) is 107 cm³/mol. The van der Waals surface area contributed by atoms with Crippen molar-refractivity contribution in [3.05, 3.63) is 48.0 Å². The number of hydrazine groups is 1. The van der Waals surface area contributed by atoms with Gasteiger partial charge in [-0.15, -0.1) is 0 Å². The Morgan fingerprint density at radius 3 is 2.30 bits per heavy atom. The number of amides is 2. The van der Waals surface area contributed by atoms with E-state index in [1.165, 1.54) is 19.3 Å². The zero-order chi connectivity index (χ0) is 19.0. The highest BCUT2D eigenvalue weighted by molar-refractivity contribution is 6.11. The number of nitrogens with zero attached hydrogens (tertiary/aromatic N) is 2. The van der Waals surface area contributed by atoms with Crippen LogP contribution in [0.4, 0.5) is 0 Å². The largest absolute Gasteiger partial charge is 0.274 e. The Labute approximate surface area is 161 Å². The Balaban J connectivity index is 1.68. The van der Waals surface area contributed by atoms with E-state index in [1.54, 1.807) is 10.0 Å². The molecule has 0 atom stereocenters. The molecule has 2 aliphatic rings. The van der Waals surface area contributed by atoms with Crippen LogP contribution in [0.25, 0.3) is 10.8 Å². The molecule has 0 aromatic heterocycles. The van der Waals surface area contributed by atoms with Gasteiger partial charge in [-0.25, -0.2) is 10.0 Å². The Bertz CT molecular complexity index is 860.